The van der Waals surface area contributed by atoms with E-state index in [0.29, 0.717) is 0 Å². The van der Waals surface area contributed by atoms with Gasteiger partial charge in [0.15, 0.2) is 0 Å². The predicted octanol–water partition coefficient (Wildman–Crippen LogP) is 4.12. The first-order valence-electron chi connectivity index (χ1n) is 6.06. The second-order valence-corrected chi connectivity index (χ2v) is 4.34. The van der Waals surface area contributed by atoms with Crippen LogP contribution in [-0.2, 0) is 11.5 Å². The highest BCUT2D eigenvalue weighted by Crippen LogP contribution is 2.18. The van der Waals surface area contributed by atoms with Crippen LogP contribution in [0, 0.1) is 5.82 Å². The van der Waals surface area contributed by atoms with Gasteiger partial charge in [0, 0.05) is 0 Å². The minimum atomic E-state index is -0.194. The second kappa shape index (κ2) is 5.78. The Morgan fingerprint density at radius 2 is 1.65 bits per heavy atom. The van der Waals surface area contributed by atoms with Crippen LogP contribution in [0.5, 0.6) is 0 Å². The van der Waals surface area contributed by atoms with E-state index in [1.807, 2.05) is 18.2 Å². The lowest BCUT2D eigenvalue weighted by molar-refractivity contribution is 0.186. The summed E-state index contributed by atoms with van der Waals surface area (Å²) in [6, 6.07) is 11.0. The summed E-state index contributed by atoms with van der Waals surface area (Å²) >= 11 is 0. The number of unbranched alkanes of at least 4 members (excludes halogenated alkanes) is 2. The highest BCUT2D eigenvalue weighted by Gasteiger charge is 1.98. The van der Waals surface area contributed by atoms with Crippen LogP contribution in [0.4, 0.5) is 4.39 Å². The zero-order valence-electron chi connectivity index (χ0n) is 9.79. The number of halogens is 1. The van der Waals surface area contributed by atoms with Crippen LogP contribution in [0.15, 0.2) is 36.4 Å². The summed E-state index contributed by atoms with van der Waals surface area (Å²) in [4.78, 5) is 0. The molecule has 0 aliphatic rings. The molecule has 0 unspecified atom stereocenters. The maximum absolute atomic E-state index is 13.0. The van der Waals surface area contributed by atoms with Crippen molar-refractivity contribution in [2.24, 2.45) is 0 Å². The van der Waals surface area contributed by atoms with Crippen molar-refractivity contribution >= 4 is 10.8 Å². The molecule has 1 radical (unpaired) electrons. The fourth-order valence-electron chi connectivity index (χ4n) is 2.03. The van der Waals surface area contributed by atoms with Crippen LogP contribution in [0.3, 0.4) is 0 Å². The molecule has 2 rings (SSSR count). The van der Waals surface area contributed by atoms with Gasteiger partial charge in [-0.3, -0.25) is 0 Å². The van der Waals surface area contributed by atoms with Gasteiger partial charge < -0.3 is 0 Å². The van der Waals surface area contributed by atoms with E-state index in [9.17, 15) is 9.50 Å². The standard InChI is InChI=1S/C15H16FO/c16-15-8-7-13-10-12(4-2-1-3-9-17)5-6-14(13)11-15/h5-8,10-11H,1-4,9H2. The number of benzene rings is 2. The molecule has 0 saturated heterocycles. The molecule has 0 fully saturated rings. The Balaban J connectivity index is 2.07. The molecule has 0 atom stereocenters. The average molecular weight is 231 g/mol. The van der Waals surface area contributed by atoms with Crippen molar-refractivity contribution in [2.75, 3.05) is 6.61 Å². The molecule has 0 saturated carbocycles. The number of hydrogen-bond donors (Lipinski definition) is 0. The smallest absolute Gasteiger partial charge is 0.123 e. The maximum Gasteiger partial charge on any atom is 0.123 e. The Hall–Kier alpha value is -1.41. The SMILES string of the molecule is [O]CCCCCc1ccc2cc(F)ccc2c1. The van der Waals surface area contributed by atoms with E-state index in [2.05, 4.69) is 6.07 Å². The summed E-state index contributed by atoms with van der Waals surface area (Å²) in [6.07, 6.45) is 3.80. The van der Waals surface area contributed by atoms with Crippen molar-refractivity contribution in [3.05, 3.63) is 47.8 Å². The summed E-state index contributed by atoms with van der Waals surface area (Å²) < 4.78 is 13.0. The molecule has 0 spiro atoms. The first-order chi connectivity index (χ1) is 8.29. The zero-order chi connectivity index (χ0) is 12.1. The van der Waals surface area contributed by atoms with E-state index in [1.54, 1.807) is 6.07 Å². The van der Waals surface area contributed by atoms with E-state index in [4.69, 9.17) is 0 Å². The summed E-state index contributed by atoms with van der Waals surface area (Å²) in [5, 5.41) is 12.3. The molecule has 2 heteroatoms. The fourth-order valence-corrected chi connectivity index (χ4v) is 2.03. The van der Waals surface area contributed by atoms with Gasteiger partial charge in [-0.15, -0.1) is 0 Å². The third-order valence-electron chi connectivity index (χ3n) is 2.98. The molecule has 89 valence electrons. The molecule has 2 aromatic carbocycles. The number of hydrogen-bond acceptors (Lipinski definition) is 0. The van der Waals surface area contributed by atoms with Crippen molar-refractivity contribution in [2.45, 2.75) is 25.7 Å². The van der Waals surface area contributed by atoms with Gasteiger partial charge in [0.1, 0.15) is 5.82 Å². The lowest BCUT2D eigenvalue weighted by Gasteiger charge is -2.03. The maximum atomic E-state index is 13.0. The summed E-state index contributed by atoms with van der Waals surface area (Å²) in [6.45, 7) is 0.0248. The number of rotatable bonds is 5. The van der Waals surface area contributed by atoms with Crippen molar-refractivity contribution in [3.63, 3.8) is 0 Å². The fraction of sp³-hybridized carbons (Fsp3) is 0.333. The van der Waals surface area contributed by atoms with E-state index in [-0.39, 0.29) is 12.4 Å². The molecule has 0 amide bonds. The lowest BCUT2D eigenvalue weighted by Crippen LogP contribution is -1.88. The minimum Gasteiger partial charge on any atom is -0.237 e. The molecule has 0 aromatic heterocycles. The van der Waals surface area contributed by atoms with Gasteiger partial charge in [0.25, 0.3) is 0 Å². The normalized spacial score (nSPS) is 10.9. The molecule has 1 nitrogen and oxygen atoms in total. The van der Waals surface area contributed by atoms with Crippen LogP contribution >= 0.6 is 0 Å². The van der Waals surface area contributed by atoms with Crippen LogP contribution < -0.4 is 0 Å². The van der Waals surface area contributed by atoms with Crippen molar-refractivity contribution in [1.82, 2.24) is 0 Å². The van der Waals surface area contributed by atoms with Crippen LogP contribution in [0.2, 0.25) is 0 Å². The molecule has 17 heavy (non-hydrogen) atoms. The second-order valence-electron chi connectivity index (χ2n) is 4.34. The van der Waals surface area contributed by atoms with Gasteiger partial charge in [-0.25, -0.2) is 9.50 Å². The number of aryl methyl sites for hydroxylation is 1. The van der Waals surface area contributed by atoms with Crippen LogP contribution in [0.1, 0.15) is 24.8 Å². The average Bonchev–Trinajstić information content (AvgIpc) is 2.35. The third kappa shape index (κ3) is 3.27. The van der Waals surface area contributed by atoms with E-state index in [0.717, 1.165) is 36.5 Å². The van der Waals surface area contributed by atoms with Crippen molar-refractivity contribution < 1.29 is 9.50 Å². The van der Waals surface area contributed by atoms with Crippen molar-refractivity contribution in [1.29, 1.82) is 0 Å². The highest BCUT2D eigenvalue weighted by atomic mass is 19.1. The third-order valence-corrected chi connectivity index (χ3v) is 2.98. The molecule has 0 N–H and O–H groups in total. The minimum absolute atomic E-state index is 0.0248. The van der Waals surface area contributed by atoms with Crippen LogP contribution in [-0.4, -0.2) is 6.61 Å². The largest absolute Gasteiger partial charge is 0.237 e. The first kappa shape index (κ1) is 12.1. The van der Waals surface area contributed by atoms with E-state index >= 15 is 0 Å². The van der Waals surface area contributed by atoms with Gasteiger partial charge in [-0.2, -0.15) is 0 Å². The monoisotopic (exact) mass is 231 g/mol. The Morgan fingerprint density at radius 3 is 2.47 bits per heavy atom. The number of fused-ring (bicyclic) bond motifs is 1. The summed E-state index contributed by atoms with van der Waals surface area (Å²) in [7, 11) is 0. The molecule has 0 aliphatic heterocycles. The van der Waals surface area contributed by atoms with E-state index in [1.165, 1.54) is 11.6 Å². The Labute approximate surface area is 101 Å². The molecular weight excluding hydrogens is 215 g/mol. The summed E-state index contributed by atoms with van der Waals surface area (Å²) in [5.74, 6) is -0.194. The van der Waals surface area contributed by atoms with Gasteiger partial charge in [0.05, 0.1) is 6.61 Å². The lowest BCUT2D eigenvalue weighted by atomic mass is 10.0. The Bertz CT molecular complexity index is 493. The Kier molecular flexibility index (Phi) is 4.10. The van der Waals surface area contributed by atoms with Gasteiger partial charge in [-0.05, 0) is 47.7 Å². The molecular formula is C15H16FO. The van der Waals surface area contributed by atoms with Gasteiger partial charge >= 0.3 is 0 Å². The molecule has 0 bridgehead atoms. The predicted molar refractivity (Wildman–Crippen MR) is 67.0 cm³/mol. The van der Waals surface area contributed by atoms with Gasteiger partial charge in [0.2, 0.25) is 0 Å². The first-order valence-corrected chi connectivity index (χ1v) is 6.06. The van der Waals surface area contributed by atoms with Crippen molar-refractivity contribution in [3.8, 4) is 0 Å². The molecule has 2 aromatic rings. The van der Waals surface area contributed by atoms with E-state index < -0.39 is 0 Å². The quantitative estimate of drug-likeness (QED) is 0.690. The Morgan fingerprint density at radius 1 is 0.882 bits per heavy atom. The van der Waals surface area contributed by atoms with Gasteiger partial charge in [-0.1, -0.05) is 30.7 Å². The molecule has 0 heterocycles. The summed E-state index contributed by atoms with van der Waals surface area (Å²) in [5.41, 5.74) is 1.26. The highest BCUT2D eigenvalue weighted by molar-refractivity contribution is 5.83. The van der Waals surface area contributed by atoms with Crippen LogP contribution in [0.25, 0.3) is 10.8 Å². The molecule has 0 aliphatic carbocycles. The zero-order valence-corrected chi connectivity index (χ0v) is 9.79. The topological polar surface area (TPSA) is 19.9 Å².